The van der Waals surface area contributed by atoms with Crippen molar-refractivity contribution in [1.29, 1.82) is 0 Å². The molecule has 1 aliphatic heterocycles. The number of carbonyl (C=O) groups excluding carboxylic acids is 2. The number of nitrogens with one attached hydrogen (secondary N) is 2. The molecule has 2 amide bonds. The van der Waals surface area contributed by atoms with Crippen LogP contribution in [0.25, 0.3) is 0 Å². The number of carbonyl (C=O) groups is 2. The van der Waals surface area contributed by atoms with E-state index in [1.807, 2.05) is 0 Å². The lowest BCUT2D eigenvalue weighted by molar-refractivity contribution is -0.129. The minimum Gasteiger partial charge on any atom is -0.355 e. The molecule has 0 saturated carbocycles. The van der Waals surface area contributed by atoms with Crippen molar-refractivity contribution in [2.75, 3.05) is 6.54 Å². The minimum absolute atomic E-state index is 0.0100. The Morgan fingerprint density at radius 2 is 2.33 bits per heavy atom. The molecule has 0 spiro atoms. The summed E-state index contributed by atoms with van der Waals surface area (Å²) in [5.74, 6) is -0.605. The van der Waals surface area contributed by atoms with Crippen molar-refractivity contribution in [2.24, 2.45) is 5.92 Å². The van der Waals surface area contributed by atoms with Crippen molar-refractivity contribution < 1.29 is 14.0 Å². The summed E-state index contributed by atoms with van der Waals surface area (Å²) in [6, 6.07) is 6.12. The molecule has 5 heteroatoms. The highest BCUT2D eigenvalue weighted by Crippen LogP contribution is 2.11. The normalized spacial score (nSPS) is 19.2. The van der Waals surface area contributed by atoms with Gasteiger partial charge in [-0.25, -0.2) is 4.39 Å². The lowest BCUT2D eigenvalue weighted by Gasteiger charge is -2.21. The van der Waals surface area contributed by atoms with Crippen molar-refractivity contribution in [2.45, 2.75) is 19.4 Å². The third kappa shape index (κ3) is 3.29. The van der Waals surface area contributed by atoms with Crippen LogP contribution in [-0.2, 0) is 16.1 Å². The van der Waals surface area contributed by atoms with E-state index in [1.165, 1.54) is 12.1 Å². The van der Waals surface area contributed by atoms with E-state index >= 15 is 0 Å². The van der Waals surface area contributed by atoms with E-state index in [0.29, 0.717) is 25.9 Å². The van der Waals surface area contributed by atoms with Crippen LogP contribution >= 0.6 is 0 Å². The van der Waals surface area contributed by atoms with E-state index in [2.05, 4.69) is 10.6 Å². The van der Waals surface area contributed by atoms with Crippen LogP contribution in [0, 0.1) is 11.7 Å². The molecule has 1 aliphatic rings. The van der Waals surface area contributed by atoms with Crippen LogP contribution in [0.1, 0.15) is 18.4 Å². The minimum atomic E-state index is -0.313. The van der Waals surface area contributed by atoms with Crippen molar-refractivity contribution in [3.8, 4) is 0 Å². The van der Waals surface area contributed by atoms with Crippen LogP contribution in [0.4, 0.5) is 4.39 Å². The summed E-state index contributed by atoms with van der Waals surface area (Å²) < 4.78 is 12.9. The van der Waals surface area contributed by atoms with E-state index in [-0.39, 0.29) is 23.5 Å². The summed E-state index contributed by atoms with van der Waals surface area (Å²) in [4.78, 5) is 22.8. The van der Waals surface area contributed by atoms with E-state index in [4.69, 9.17) is 0 Å². The smallest absolute Gasteiger partial charge is 0.225 e. The Morgan fingerprint density at radius 3 is 3.00 bits per heavy atom. The maximum absolute atomic E-state index is 12.9. The quantitative estimate of drug-likeness (QED) is 0.839. The molecule has 2 rings (SSSR count). The first-order valence-electron chi connectivity index (χ1n) is 5.94. The number of halogens is 1. The molecule has 1 atom stereocenters. The van der Waals surface area contributed by atoms with Crippen LogP contribution in [-0.4, -0.2) is 18.4 Å². The van der Waals surface area contributed by atoms with Crippen LogP contribution < -0.4 is 10.6 Å². The monoisotopic (exact) mass is 250 g/mol. The Bertz CT molecular complexity index is 452. The number of benzene rings is 1. The second-order valence-corrected chi connectivity index (χ2v) is 4.39. The first kappa shape index (κ1) is 12.5. The third-order valence-electron chi connectivity index (χ3n) is 2.99. The predicted molar refractivity (Wildman–Crippen MR) is 64.0 cm³/mol. The van der Waals surface area contributed by atoms with Crippen molar-refractivity contribution in [3.63, 3.8) is 0 Å². The van der Waals surface area contributed by atoms with Gasteiger partial charge in [-0.3, -0.25) is 9.59 Å². The highest BCUT2D eigenvalue weighted by Gasteiger charge is 2.23. The Balaban J connectivity index is 1.83. The molecule has 2 N–H and O–H groups in total. The fourth-order valence-electron chi connectivity index (χ4n) is 1.94. The molecule has 96 valence electrons. The summed E-state index contributed by atoms with van der Waals surface area (Å²) in [5.41, 5.74) is 0.725. The molecule has 1 unspecified atom stereocenters. The second-order valence-electron chi connectivity index (χ2n) is 4.39. The first-order chi connectivity index (χ1) is 8.65. The van der Waals surface area contributed by atoms with Gasteiger partial charge >= 0.3 is 0 Å². The number of amides is 2. The van der Waals surface area contributed by atoms with Gasteiger partial charge in [-0.15, -0.1) is 0 Å². The molecule has 4 nitrogen and oxygen atoms in total. The Hall–Kier alpha value is -1.91. The molecular weight excluding hydrogens is 235 g/mol. The van der Waals surface area contributed by atoms with E-state index in [0.717, 1.165) is 5.56 Å². The van der Waals surface area contributed by atoms with E-state index in [9.17, 15) is 14.0 Å². The highest BCUT2D eigenvalue weighted by molar-refractivity contribution is 5.83. The lowest BCUT2D eigenvalue weighted by Crippen LogP contribution is -2.42. The van der Waals surface area contributed by atoms with Gasteiger partial charge in [-0.1, -0.05) is 12.1 Å². The predicted octanol–water partition coefficient (Wildman–Crippen LogP) is 0.968. The maximum atomic E-state index is 12.9. The van der Waals surface area contributed by atoms with Crippen molar-refractivity contribution in [3.05, 3.63) is 35.6 Å². The van der Waals surface area contributed by atoms with Crippen molar-refractivity contribution in [1.82, 2.24) is 10.6 Å². The molecule has 0 aliphatic carbocycles. The zero-order valence-corrected chi connectivity index (χ0v) is 9.91. The molecular formula is C13H15FN2O2. The summed E-state index contributed by atoms with van der Waals surface area (Å²) in [7, 11) is 0. The Labute approximate surface area is 105 Å². The van der Waals surface area contributed by atoms with Gasteiger partial charge in [-0.05, 0) is 24.1 Å². The summed E-state index contributed by atoms with van der Waals surface area (Å²) >= 11 is 0. The van der Waals surface area contributed by atoms with E-state index < -0.39 is 0 Å². The largest absolute Gasteiger partial charge is 0.355 e. The van der Waals surface area contributed by atoms with Gasteiger partial charge in [0.05, 0.1) is 5.92 Å². The van der Waals surface area contributed by atoms with Gasteiger partial charge in [0.25, 0.3) is 0 Å². The molecule has 1 saturated heterocycles. The van der Waals surface area contributed by atoms with E-state index in [1.54, 1.807) is 12.1 Å². The van der Waals surface area contributed by atoms with Gasteiger partial charge in [0.15, 0.2) is 0 Å². The average molecular weight is 250 g/mol. The maximum Gasteiger partial charge on any atom is 0.225 e. The molecule has 18 heavy (non-hydrogen) atoms. The number of rotatable bonds is 3. The average Bonchev–Trinajstić information content (AvgIpc) is 2.37. The second kappa shape index (κ2) is 5.62. The van der Waals surface area contributed by atoms with Crippen LogP contribution in [0.2, 0.25) is 0 Å². The van der Waals surface area contributed by atoms with Gasteiger partial charge in [0, 0.05) is 19.5 Å². The van der Waals surface area contributed by atoms with Crippen LogP contribution in [0.3, 0.4) is 0 Å². The Morgan fingerprint density at radius 1 is 1.50 bits per heavy atom. The number of hydrogen-bond donors (Lipinski definition) is 2. The Kier molecular flexibility index (Phi) is 3.92. The highest BCUT2D eigenvalue weighted by atomic mass is 19.1. The standard InChI is InChI=1S/C13H15FN2O2/c14-11-3-1-2-9(6-11)7-16-13(18)10-4-5-12(17)15-8-10/h1-3,6,10H,4-5,7-8H2,(H,15,17)(H,16,18). The SMILES string of the molecule is O=C1CCC(C(=O)NCc2cccc(F)c2)CN1. The van der Waals surface area contributed by atoms with Crippen molar-refractivity contribution >= 4 is 11.8 Å². The first-order valence-corrected chi connectivity index (χ1v) is 5.94. The molecule has 0 bridgehead atoms. The van der Waals surface area contributed by atoms with Crippen LogP contribution in [0.5, 0.6) is 0 Å². The fourth-order valence-corrected chi connectivity index (χ4v) is 1.94. The number of hydrogen-bond acceptors (Lipinski definition) is 2. The summed E-state index contributed by atoms with van der Waals surface area (Å²) in [6.07, 6.45) is 0.957. The summed E-state index contributed by atoms with van der Waals surface area (Å²) in [6.45, 7) is 0.689. The topological polar surface area (TPSA) is 58.2 Å². The molecule has 0 aromatic heterocycles. The molecule has 1 aromatic carbocycles. The summed E-state index contributed by atoms with van der Waals surface area (Å²) in [5, 5.41) is 5.41. The number of piperidine rings is 1. The lowest BCUT2D eigenvalue weighted by atomic mass is 9.98. The zero-order valence-electron chi connectivity index (χ0n) is 9.91. The molecule has 0 radical (unpaired) electrons. The van der Waals surface area contributed by atoms with Crippen LogP contribution in [0.15, 0.2) is 24.3 Å². The van der Waals surface area contributed by atoms with Gasteiger partial charge < -0.3 is 10.6 Å². The van der Waals surface area contributed by atoms with Gasteiger partial charge in [-0.2, -0.15) is 0 Å². The molecule has 1 heterocycles. The van der Waals surface area contributed by atoms with Gasteiger partial charge in [0.1, 0.15) is 5.82 Å². The molecule has 1 fully saturated rings. The third-order valence-corrected chi connectivity index (χ3v) is 2.99. The zero-order chi connectivity index (χ0) is 13.0. The molecule has 1 aromatic rings. The van der Waals surface area contributed by atoms with Gasteiger partial charge in [0.2, 0.25) is 11.8 Å². The fraction of sp³-hybridized carbons (Fsp3) is 0.385.